The lowest BCUT2D eigenvalue weighted by Gasteiger charge is -2.04. The van der Waals surface area contributed by atoms with Gasteiger partial charge in [-0.1, -0.05) is 6.07 Å². The molecule has 4 nitrogen and oxygen atoms in total. The normalized spacial score (nSPS) is 12.4. The number of nitrogens with zero attached hydrogens (tertiary/aromatic N) is 1. The second kappa shape index (κ2) is 5.34. The summed E-state index contributed by atoms with van der Waals surface area (Å²) in [5.41, 5.74) is 6.34. The summed E-state index contributed by atoms with van der Waals surface area (Å²) >= 11 is 0. The van der Waals surface area contributed by atoms with Gasteiger partial charge in [0.15, 0.2) is 0 Å². The molecule has 1 aromatic heterocycles. The summed E-state index contributed by atoms with van der Waals surface area (Å²) in [6.07, 6.45) is 3.75. The highest BCUT2D eigenvalue weighted by molar-refractivity contribution is 5.72. The van der Waals surface area contributed by atoms with Crippen molar-refractivity contribution in [3.63, 3.8) is 0 Å². The lowest BCUT2D eigenvalue weighted by Crippen LogP contribution is -2.29. The Morgan fingerprint density at radius 1 is 1.57 bits per heavy atom. The van der Waals surface area contributed by atoms with Crippen molar-refractivity contribution in [2.45, 2.75) is 25.3 Å². The fraction of sp³-hybridized carbons (Fsp3) is 0.400. The van der Waals surface area contributed by atoms with Gasteiger partial charge in [0.25, 0.3) is 0 Å². The van der Waals surface area contributed by atoms with Gasteiger partial charge in [0.1, 0.15) is 6.04 Å². The van der Waals surface area contributed by atoms with Crippen LogP contribution in [0.2, 0.25) is 0 Å². The van der Waals surface area contributed by atoms with E-state index in [1.54, 1.807) is 6.20 Å². The molecule has 1 rings (SSSR count). The van der Waals surface area contributed by atoms with Crippen LogP contribution in [-0.4, -0.2) is 22.1 Å². The molecular formula is C10H14N2O2. The summed E-state index contributed by atoms with van der Waals surface area (Å²) in [4.78, 5) is 14.5. The van der Waals surface area contributed by atoms with Crippen molar-refractivity contribution in [1.82, 2.24) is 4.98 Å². The van der Waals surface area contributed by atoms with Crippen LogP contribution in [0, 0.1) is 0 Å². The van der Waals surface area contributed by atoms with Crippen LogP contribution in [0.15, 0.2) is 24.4 Å². The standard InChI is InChI=1S/C10H14N2O2/c11-9(10(13)14)6-3-5-8-4-1-2-7-12-8/h1-2,4,7,9H,3,5-6,11H2,(H,13,14). The molecule has 76 valence electrons. The molecule has 0 saturated carbocycles. The predicted molar refractivity (Wildman–Crippen MR) is 52.8 cm³/mol. The number of carboxylic acids is 1. The Hall–Kier alpha value is -1.42. The Morgan fingerprint density at radius 3 is 2.93 bits per heavy atom. The molecule has 4 heteroatoms. The Morgan fingerprint density at radius 2 is 2.36 bits per heavy atom. The summed E-state index contributed by atoms with van der Waals surface area (Å²) in [6.45, 7) is 0. The molecule has 0 aliphatic rings. The van der Waals surface area contributed by atoms with Gasteiger partial charge in [-0.25, -0.2) is 0 Å². The highest BCUT2D eigenvalue weighted by atomic mass is 16.4. The molecule has 1 atom stereocenters. The van der Waals surface area contributed by atoms with E-state index >= 15 is 0 Å². The molecule has 1 unspecified atom stereocenters. The number of aryl methyl sites for hydroxylation is 1. The number of hydrogen-bond acceptors (Lipinski definition) is 3. The van der Waals surface area contributed by atoms with E-state index < -0.39 is 12.0 Å². The number of carbonyl (C=O) groups is 1. The van der Waals surface area contributed by atoms with Crippen molar-refractivity contribution in [3.8, 4) is 0 Å². The van der Waals surface area contributed by atoms with Crippen molar-refractivity contribution < 1.29 is 9.90 Å². The van der Waals surface area contributed by atoms with Crippen LogP contribution in [0.25, 0.3) is 0 Å². The molecule has 0 bridgehead atoms. The van der Waals surface area contributed by atoms with Crippen LogP contribution in [0.3, 0.4) is 0 Å². The molecule has 0 spiro atoms. The topological polar surface area (TPSA) is 76.2 Å². The van der Waals surface area contributed by atoms with E-state index in [9.17, 15) is 4.79 Å². The van der Waals surface area contributed by atoms with E-state index in [2.05, 4.69) is 4.98 Å². The molecule has 1 aromatic rings. The Kier molecular flexibility index (Phi) is 4.07. The van der Waals surface area contributed by atoms with Crippen LogP contribution >= 0.6 is 0 Å². The molecule has 1 heterocycles. The van der Waals surface area contributed by atoms with Gasteiger partial charge in [0, 0.05) is 11.9 Å². The van der Waals surface area contributed by atoms with Crippen molar-refractivity contribution in [1.29, 1.82) is 0 Å². The molecule has 0 aliphatic carbocycles. The minimum atomic E-state index is -0.939. The van der Waals surface area contributed by atoms with Crippen molar-refractivity contribution in [2.24, 2.45) is 5.73 Å². The SMILES string of the molecule is NC(CCCc1ccccn1)C(=O)O. The zero-order valence-electron chi connectivity index (χ0n) is 7.89. The maximum Gasteiger partial charge on any atom is 0.320 e. The summed E-state index contributed by atoms with van der Waals surface area (Å²) in [6, 6.07) is 4.94. The predicted octanol–water partition coefficient (Wildman–Crippen LogP) is 0.816. The lowest BCUT2D eigenvalue weighted by molar-refractivity contribution is -0.138. The molecule has 0 saturated heterocycles. The first kappa shape index (κ1) is 10.7. The molecule has 0 fully saturated rings. The third-order valence-electron chi connectivity index (χ3n) is 1.99. The van der Waals surface area contributed by atoms with Gasteiger partial charge in [-0.05, 0) is 31.4 Å². The van der Waals surface area contributed by atoms with Crippen LogP contribution in [0.4, 0.5) is 0 Å². The number of carboxylic acid groups (broad SMARTS) is 1. The number of aromatic nitrogens is 1. The molecular weight excluding hydrogens is 180 g/mol. The van der Waals surface area contributed by atoms with Gasteiger partial charge in [-0.2, -0.15) is 0 Å². The van der Waals surface area contributed by atoms with Crippen LogP contribution in [0.5, 0.6) is 0 Å². The Labute approximate surface area is 82.8 Å². The third-order valence-corrected chi connectivity index (χ3v) is 1.99. The summed E-state index contributed by atoms with van der Waals surface area (Å²) in [5, 5.41) is 8.54. The smallest absolute Gasteiger partial charge is 0.320 e. The lowest BCUT2D eigenvalue weighted by atomic mass is 10.1. The highest BCUT2D eigenvalue weighted by Gasteiger charge is 2.10. The van der Waals surface area contributed by atoms with Crippen molar-refractivity contribution in [2.75, 3.05) is 0 Å². The second-order valence-corrected chi connectivity index (χ2v) is 3.16. The fourth-order valence-electron chi connectivity index (χ4n) is 1.17. The Bertz CT molecular complexity index is 287. The number of hydrogen-bond donors (Lipinski definition) is 2. The van der Waals surface area contributed by atoms with E-state index in [1.807, 2.05) is 18.2 Å². The summed E-state index contributed by atoms with van der Waals surface area (Å²) in [5.74, 6) is -0.939. The average molecular weight is 194 g/mol. The number of pyridine rings is 1. The first-order chi connectivity index (χ1) is 6.70. The molecule has 0 amide bonds. The van der Waals surface area contributed by atoms with Gasteiger partial charge in [-0.3, -0.25) is 9.78 Å². The van der Waals surface area contributed by atoms with E-state index in [0.29, 0.717) is 6.42 Å². The maximum atomic E-state index is 10.4. The summed E-state index contributed by atoms with van der Waals surface area (Å²) < 4.78 is 0. The highest BCUT2D eigenvalue weighted by Crippen LogP contribution is 2.02. The Balaban J connectivity index is 2.26. The number of nitrogens with two attached hydrogens (primary N) is 1. The largest absolute Gasteiger partial charge is 0.480 e. The zero-order valence-corrected chi connectivity index (χ0v) is 7.89. The zero-order chi connectivity index (χ0) is 10.4. The second-order valence-electron chi connectivity index (χ2n) is 3.16. The minimum Gasteiger partial charge on any atom is -0.480 e. The molecule has 0 aliphatic heterocycles. The fourth-order valence-corrected chi connectivity index (χ4v) is 1.17. The summed E-state index contributed by atoms with van der Waals surface area (Å²) in [7, 11) is 0. The van der Waals surface area contributed by atoms with Gasteiger partial charge < -0.3 is 10.8 Å². The third kappa shape index (κ3) is 3.53. The minimum absolute atomic E-state index is 0.492. The van der Waals surface area contributed by atoms with Crippen molar-refractivity contribution >= 4 is 5.97 Å². The van der Waals surface area contributed by atoms with Crippen LogP contribution < -0.4 is 5.73 Å². The van der Waals surface area contributed by atoms with E-state index in [4.69, 9.17) is 10.8 Å². The quantitative estimate of drug-likeness (QED) is 0.727. The maximum absolute atomic E-state index is 10.4. The van der Waals surface area contributed by atoms with Gasteiger partial charge >= 0.3 is 5.97 Å². The van der Waals surface area contributed by atoms with Crippen LogP contribution in [0.1, 0.15) is 18.5 Å². The number of aliphatic carboxylic acids is 1. The van der Waals surface area contributed by atoms with Gasteiger partial charge in [0.2, 0.25) is 0 Å². The van der Waals surface area contributed by atoms with E-state index in [-0.39, 0.29) is 0 Å². The molecule has 3 N–H and O–H groups in total. The molecule has 0 aromatic carbocycles. The monoisotopic (exact) mass is 194 g/mol. The first-order valence-electron chi connectivity index (χ1n) is 4.58. The average Bonchev–Trinajstić information content (AvgIpc) is 2.19. The molecule has 14 heavy (non-hydrogen) atoms. The van der Waals surface area contributed by atoms with Gasteiger partial charge in [-0.15, -0.1) is 0 Å². The van der Waals surface area contributed by atoms with E-state index in [0.717, 1.165) is 18.5 Å². The van der Waals surface area contributed by atoms with Gasteiger partial charge in [0.05, 0.1) is 0 Å². The first-order valence-corrected chi connectivity index (χ1v) is 4.58. The van der Waals surface area contributed by atoms with Crippen LogP contribution in [-0.2, 0) is 11.2 Å². The molecule has 0 radical (unpaired) electrons. The van der Waals surface area contributed by atoms with E-state index in [1.165, 1.54) is 0 Å². The number of rotatable bonds is 5. The van der Waals surface area contributed by atoms with Crippen molar-refractivity contribution in [3.05, 3.63) is 30.1 Å².